The summed E-state index contributed by atoms with van der Waals surface area (Å²) in [4.78, 5) is 15.8. The molecule has 10 heteroatoms. The third kappa shape index (κ3) is 3.91. The van der Waals surface area contributed by atoms with Crippen LogP contribution in [0, 0.1) is 0 Å². The van der Waals surface area contributed by atoms with E-state index in [4.69, 9.17) is 5.73 Å². The highest BCUT2D eigenvalue weighted by molar-refractivity contribution is 8.00. The van der Waals surface area contributed by atoms with Gasteiger partial charge in [-0.15, -0.1) is 5.10 Å². The summed E-state index contributed by atoms with van der Waals surface area (Å²) in [5.41, 5.74) is 4.16. The van der Waals surface area contributed by atoms with Crippen LogP contribution in [0.25, 0.3) is 0 Å². The minimum atomic E-state index is -4.54. The molecule has 0 radical (unpaired) electrons. The van der Waals surface area contributed by atoms with Gasteiger partial charge in [0.05, 0.1) is 16.5 Å². The van der Waals surface area contributed by atoms with E-state index in [-0.39, 0.29) is 16.8 Å². The smallest absolute Gasteiger partial charge is 0.368 e. The van der Waals surface area contributed by atoms with Crippen LogP contribution in [0.5, 0.6) is 0 Å². The molecule has 0 spiro atoms. The Bertz CT molecular complexity index is 673. The molecule has 1 atom stereocenters. The van der Waals surface area contributed by atoms with E-state index in [0.717, 1.165) is 17.8 Å². The lowest BCUT2D eigenvalue weighted by atomic mass is 10.1. The number of nitrogens with zero attached hydrogens (tertiary/aromatic N) is 2. The summed E-state index contributed by atoms with van der Waals surface area (Å²) in [5.74, 6) is -0.498. The molecule has 2 aromatic rings. The lowest BCUT2D eigenvalue weighted by Crippen LogP contribution is -2.24. The van der Waals surface area contributed by atoms with Crippen molar-refractivity contribution in [3.8, 4) is 0 Å². The van der Waals surface area contributed by atoms with Crippen LogP contribution in [0.4, 0.5) is 24.8 Å². The summed E-state index contributed by atoms with van der Waals surface area (Å²) in [5, 5.41) is 7.96. The monoisotopic (exact) mass is 331 g/mol. The maximum absolute atomic E-state index is 12.9. The Kier molecular flexibility index (Phi) is 4.59. The molecule has 22 heavy (non-hydrogen) atoms. The molecule has 0 bridgehead atoms. The van der Waals surface area contributed by atoms with Gasteiger partial charge in [0, 0.05) is 0 Å². The first-order chi connectivity index (χ1) is 10.3. The molecule has 0 aliphatic carbocycles. The molecule has 0 aliphatic heterocycles. The molecule has 0 saturated carbocycles. The van der Waals surface area contributed by atoms with Crippen molar-refractivity contribution in [2.45, 2.75) is 23.5 Å². The number of rotatable bonds is 4. The number of anilines is 2. The largest absolute Gasteiger partial charge is 0.418 e. The summed E-state index contributed by atoms with van der Waals surface area (Å²) in [6.45, 7) is 1.53. The summed E-state index contributed by atoms with van der Waals surface area (Å²) in [6.07, 6.45) is -4.54. The fourth-order valence-corrected chi connectivity index (χ4v) is 2.33. The number of nitrogen functional groups attached to an aromatic ring is 1. The van der Waals surface area contributed by atoms with Gasteiger partial charge in [-0.25, -0.2) is 5.10 Å². The number of hydrogen-bond donors (Lipinski definition) is 3. The average Bonchev–Trinajstić information content (AvgIpc) is 2.83. The summed E-state index contributed by atoms with van der Waals surface area (Å²) in [6, 6.07) is 4.78. The van der Waals surface area contributed by atoms with E-state index in [1.165, 1.54) is 25.1 Å². The predicted octanol–water partition coefficient (Wildman–Crippen LogP) is 2.53. The summed E-state index contributed by atoms with van der Waals surface area (Å²) < 4.78 is 38.6. The van der Waals surface area contributed by atoms with E-state index in [1.54, 1.807) is 0 Å². The minimum Gasteiger partial charge on any atom is -0.368 e. The Morgan fingerprint density at radius 1 is 1.41 bits per heavy atom. The fourth-order valence-electron chi connectivity index (χ4n) is 1.60. The Hall–Kier alpha value is -2.23. The molecule has 1 aromatic heterocycles. The number of alkyl halides is 3. The van der Waals surface area contributed by atoms with Crippen LogP contribution < -0.4 is 11.1 Å². The van der Waals surface area contributed by atoms with Gasteiger partial charge in [-0.2, -0.15) is 18.2 Å². The quantitative estimate of drug-likeness (QED) is 0.748. The van der Waals surface area contributed by atoms with Gasteiger partial charge < -0.3 is 11.1 Å². The number of nitrogens with one attached hydrogen (secondary N) is 2. The number of aromatic nitrogens is 3. The maximum atomic E-state index is 12.9. The number of H-pyrrole nitrogens is 1. The predicted molar refractivity (Wildman–Crippen MR) is 76.2 cm³/mol. The molecule has 6 nitrogen and oxygen atoms in total. The maximum Gasteiger partial charge on any atom is 0.418 e. The number of para-hydroxylation sites is 1. The molecule has 1 heterocycles. The van der Waals surface area contributed by atoms with E-state index >= 15 is 0 Å². The number of nitrogens with two attached hydrogens (primary N) is 1. The van der Waals surface area contributed by atoms with Gasteiger partial charge in [-0.3, -0.25) is 4.79 Å². The Morgan fingerprint density at radius 2 is 2.09 bits per heavy atom. The molecule has 0 unspecified atom stereocenters. The molecule has 2 rings (SSSR count). The number of hydrogen-bond acceptors (Lipinski definition) is 5. The van der Waals surface area contributed by atoms with Crippen molar-refractivity contribution >= 4 is 29.3 Å². The van der Waals surface area contributed by atoms with Gasteiger partial charge in [0.1, 0.15) is 0 Å². The zero-order valence-corrected chi connectivity index (χ0v) is 12.1. The third-order valence-electron chi connectivity index (χ3n) is 2.62. The Morgan fingerprint density at radius 3 is 2.68 bits per heavy atom. The van der Waals surface area contributed by atoms with Crippen LogP contribution in [0.15, 0.2) is 29.4 Å². The number of carbonyl (C=O) groups excluding carboxylic acids is 1. The second-order valence-electron chi connectivity index (χ2n) is 4.30. The first-order valence-electron chi connectivity index (χ1n) is 6.09. The van der Waals surface area contributed by atoms with E-state index in [2.05, 4.69) is 20.5 Å². The second kappa shape index (κ2) is 6.26. The molecule has 0 saturated heterocycles. The summed E-state index contributed by atoms with van der Waals surface area (Å²) in [7, 11) is 0. The number of thioether (sulfide) groups is 1. The van der Waals surface area contributed by atoms with Crippen molar-refractivity contribution in [3.63, 3.8) is 0 Å². The van der Waals surface area contributed by atoms with Gasteiger partial charge in [0.2, 0.25) is 17.0 Å². The molecule has 118 valence electrons. The van der Waals surface area contributed by atoms with E-state index in [0.29, 0.717) is 0 Å². The van der Waals surface area contributed by atoms with Crippen LogP contribution in [-0.2, 0) is 11.0 Å². The zero-order chi connectivity index (χ0) is 16.3. The molecular formula is C12H12F3N5OS. The highest BCUT2D eigenvalue weighted by atomic mass is 32.2. The van der Waals surface area contributed by atoms with Crippen LogP contribution in [0.2, 0.25) is 0 Å². The van der Waals surface area contributed by atoms with E-state index in [9.17, 15) is 18.0 Å². The van der Waals surface area contributed by atoms with Crippen LogP contribution in [0.1, 0.15) is 12.5 Å². The Labute approximate surface area is 127 Å². The molecule has 0 aliphatic rings. The minimum absolute atomic E-state index is 0.0949. The lowest BCUT2D eigenvalue weighted by Gasteiger charge is -2.15. The van der Waals surface area contributed by atoms with Crippen molar-refractivity contribution in [1.82, 2.24) is 15.2 Å². The van der Waals surface area contributed by atoms with Crippen LogP contribution in [0.3, 0.4) is 0 Å². The van der Waals surface area contributed by atoms with Crippen molar-refractivity contribution in [2.24, 2.45) is 0 Å². The van der Waals surface area contributed by atoms with E-state index < -0.39 is 22.9 Å². The van der Waals surface area contributed by atoms with Gasteiger partial charge >= 0.3 is 6.18 Å². The topological polar surface area (TPSA) is 96.7 Å². The first kappa shape index (κ1) is 16.1. The van der Waals surface area contributed by atoms with Crippen LogP contribution in [-0.4, -0.2) is 26.3 Å². The summed E-state index contributed by atoms with van der Waals surface area (Å²) >= 11 is 0.978. The SMILES string of the molecule is C[C@@H](Sc1n[nH]c(N)n1)C(=O)Nc1ccccc1C(F)(F)F. The van der Waals surface area contributed by atoms with E-state index in [1.807, 2.05) is 0 Å². The normalized spacial score (nSPS) is 12.9. The van der Waals surface area contributed by atoms with Crippen molar-refractivity contribution < 1.29 is 18.0 Å². The number of halogens is 3. The van der Waals surface area contributed by atoms with Gasteiger partial charge in [0.15, 0.2) is 0 Å². The number of carbonyl (C=O) groups is 1. The number of amides is 1. The zero-order valence-electron chi connectivity index (χ0n) is 11.3. The van der Waals surface area contributed by atoms with Gasteiger partial charge in [-0.1, -0.05) is 23.9 Å². The van der Waals surface area contributed by atoms with Crippen LogP contribution >= 0.6 is 11.8 Å². The van der Waals surface area contributed by atoms with Crippen molar-refractivity contribution in [3.05, 3.63) is 29.8 Å². The molecule has 0 fully saturated rings. The van der Waals surface area contributed by atoms with Crippen molar-refractivity contribution in [2.75, 3.05) is 11.1 Å². The fraction of sp³-hybridized carbons (Fsp3) is 0.250. The van der Waals surface area contributed by atoms with Crippen molar-refractivity contribution in [1.29, 1.82) is 0 Å². The van der Waals surface area contributed by atoms with Gasteiger partial charge in [-0.05, 0) is 19.1 Å². The Balaban J connectivity index is 2.09. The third-order valence-corrected chi connectivity index (χ3v) is 3.58. The number of aromatic amines is 1. The molecule has 1 aromatic carbocycles. The second-order valence-corrected chi connectivity index (χ2v) is 5.60. The standard InChI is InChI=1S/C12H12F3N5OS/c1-6(22-11-18-10(16)19-20-11)9(21)17-8-5-3-2-4-7(8)12(13,14)15/h2-6H,1H3,(H,17,21)(H3,16,18,19,20)/t6-/m1/s1. The average molecular weight is 331 g/mol. The lowest BCUT2D eigenvalue weighted by molar-refractivity contribution is -0.137. The number of benzene rings is 1. The highest BCUT2D eigenvalue weighted by Gasteiger charge is 2.34. The molecule has 1 amide bonds. The highest BCUT2D eigenvalue weighted by Crippen LogP contribution is 2.34. The first-order valence-corrected chi connectivity index (χ1v) is 6.97. The molecule has 4 N–H and O–H groups in total. The van der Waals surface area contributed by atoms with Gasteiger partial charge in [0.25, 0.3) is 0 Å². The molecular weight excluding hydrogens is 319 g/mol.